The van der Waals surface area contributed by atoms with Gasteiger partial charge in [-0.15, -0.1) is 0 Å². The number of rotatable bonds is 3. The molecule has 4 saturated carbocycles. The Hall–Kier alpha value is -1.02. The quantitative estimate of drug-likeness (QED) is 0.890. The van der Waals surface area contributed by atoms with E-state index in [0.29, 0.717) is 18.3 Å². The molecule has 1 aromatic rings. The third kappa shape index (κ3) is 2.11. The highest BCUT2D eigenvalue weighted by Crippen LogP contribution is 2.64. The Morgan fingerprint density at radius 1 is 1.09 bits per heavy atom. The predicted molar refractivity (Wildman–Crippen MR) is 88.9 cm³/mol. The molecule has 5 rings (SSSR count). The monoisotopic (exact) mass is 317 g/mol. The van der Waals surface area contributed by atoms with Gasteiger partial charge in [0.1, 0.15) is 0 Å². The first-order valence-electron chi connectivity index (χ1n) is 8.58. The summed E-state index contributed by atoms with van der Waals surface area (Å²) in [7, 11) is 1.76. The van der Waals surface area contributed by atoms with E-state index in [0.717, 1.165) is 16.9 Å². The molecule has 4 fully saturated rings. The lowest BCUT2D eigenvalue weighted by atomic mass is 9.43. The van der Waals surface area contributed by atoms with Crippen LogP contribution in [0.4, 0.5) is 0 Å². The Bertz CT molecular complexity index is 552. The molecule has 0 unspecified atom stereocenters. The smallest absolute Gasteiger partial charge is 0.220 e. The van der Waals surface area contributed by atoms with Crippen LogP contribution in [0.15, 0.2) is 24.3 Å². The van der Waals surface area contributed by atoms with Gasteiger partial charge in [0, 0.05) is 23.9 Å². The zero-order valence-electron chi connectivity index (χ0n) is 13.1. The lowest BCUT2D eigenvalue weighted by Gasteiger charge is -2.61. The van der Waals surface area contributed by atoms with E-state index in [-0.39, 0.29) is 11.3 Å². The second-order valence-corrected chi connectivity index (χ2v) is 8.14. The number of hydrogen-bond acceptors (Lipinski definition) is 1. The van der Waals surface area contributed by atoms with E-state index in [4.69, 9.17) is 11.6 Å². The van der Waals surface area contributed by atoms with Crippen LogP contribution < -0.4 is 5.32 Å². The van der Waals surface area contributed by atoms with Gasteiger partial charge in [-0.3, -0.25) is 4.79 Å². The SMILES string of the molecule is CNC(=O)CC1(c2ccc(Cl)cc2)C2CC3CC(C2)CC1C3. The van der Waals surface area contributed by atoms with Crippen molar-refractivity contribution in [2.24, 2.45) is 23.7 Å². The fourth-order valence-electron chi connectivity index (χ4n) is 6.00. The normalized spacial score (nSPS) is 39.0. The lowest BCUT2D eigenvalue weighted by Crippen LogP contribution is -2.57. The van der Waals surface area contributed by atoms with Gasteiger partial charge in [0.2, 0.25) is 5.91 Å². The average Bonchev–Trinajstić information content (AvgIpc) is 2.51. The van der Waals surface area contributed by atoms with E-state index in [1.807, 2.05) is 12.1 Å². The van der Waals surface area contributed by atoms with Crippen molar-refractivity contribution in [3.8, 4) is 0 Å². The first kappa shape index (κ1) is 14.6. The molecule has 0 aromatic heterocycles. The highest BCUT2D eigenvalue weighted by molar-refractivity contribution is 6.30. The topological polar surface area (TPSA) is 29.1 Å². The van der Waals surface area contributed by atoms with Gasteiger partial charge in [-0.25, -0.2) is 0 Å². The minimum atomic E-state index is 0.0398. The molecule has 3 heteroatoms. The van der Waals surface area contributed by atoms with E-state index in [9.17, 15) is 4.79 Å². The number of carbonyl (C=O) groups excluding carboxylic acids is 1. The van der Waals surface area contributed by atoms with Crippen molar-refractivity contribution in [3.05, 3.63) is 34.9 Å². The van der Waals surface area contributed by atoms with Crippen LogP contribution in [0.1, 0.15) is 44.1 Å². The van der Waals surface area contributed by atoms with Crippen molar-refractivity contribution in [2.75, 3.05) is 7.05 Å². The zero-order chi connectivity index (χ0) is 15.3. The molecule has 4 aliphatic rings. The maximum Gasteiger partial charge on any atom is 0.220 e. The van der Waals surface area contributed by atoms with Crippen LogP contribution >= 0.6 is 11.6 Å². The summed E-state index contributed by atoms with van der Waals surface area (Å²) >= 11 is 6.10. The second-order valence-electron chi connectivity index (χ2n) is 7.70. The molecule has 0 aliphatic heterocycles. The minimum Gasteiger partial charge on any atom is -0.359 e. The summed E-state index contributed by atoms with van der Waals surface area (Å²) in [6, 6.07) is 8.34. The molecule has 1 amide bonds. The van der Waals surface area contributed by atoms with Gasteiger partial charge in [-0.1, -0.05) is 23.7 Å². The molecule has 0 heterocycles. The molecule has 22 heavy (non-hydrogen) atoms. The van der Waals surface area contributed by atoms with E-state index in [1.165, 1.54) is 37.7 Å². The van der Waals surface area contributed by atoms with Crippen LogP contribution in [0.25, 0.3) is 0 Å². The molecule has 0 saturated heterocycles. The van der Waals surface area contributed by atoms with Gasteiger partial charge in [-0.2, -0.15) is 0 Å². The molecular formula is C19H24ClNO. The van der Waals surface area contributed by atoms with Crippen LogP contribution in [-0.4, -0.2) is 13.0 Å². The molecule has 1 aromatic carbocycles. The standard InChI is InChI=1S/C19H24ClNO/c1-21-18(22)11-19(14-2-4-17(20)5-3-14)15-7-12-6-13(9-15)10-16(19)8-12/h2-5,12-13,15-16H,6-11H2,1H3,(H,21,22). The van der Waals surface area contributed by atoms with E-state index < -0.39 is 0 Å². The van der Waals surface area contributed by atoms with Crippen molar-refractivity contribution in [1.29, 1.82) is 0 Å². The fraction of sp³-hybridized carbons (Fsp3) is 0.632. The number of carbonyl (C=O) groups is 1. The lowest BCUT2D eigenvalue weighted by molar-refractivity contribution is -0.128. The van der Waals surface area contributed by atoms with Crippen LogP contribution in [-0.2, 0) is 10.2 Å². The van der Waals surface area contributed by atoms with Gasteiger partial charge in [0.25, 0.3) is 0 Å². The molecule has 0 atom stereocenters. The molecule has 0 radical (unpaired) electrons. The Balaban J connectivity index is 1.78. The number of halogens is 1. The number of nitrogens with one attached hydrogen (secondary N) is 1. The zero-order valence-corrected chi connectivity index (χ0v) is 13.9. The van der Waals surface area contributed by atoms with Crippen molar-refractivity contribution in [2.45, 2.75) is 43.9 Å². The van der Waals surface area contributed by atoms with E-state index in [1.54, 1.807) is 7.05 Å². The van der Waals surface area contributed by atoms with E-state index in [2.05, 4.69) is 17.4 Å². The minimum absolute atomic E-state index is 0.0398. The average molecular weight is 318 g/mol. The highest BCUT2D eigenvalue weighted by atomic mass is 35.5. The van der Waals surface area contributed by atoms with Gasteiger partial charge in [0.05, 0.1) is 0 Å². The maximum atomic E-state index is 12.3. The summed E-state index contributed by atoms with van der Waals surface area (Å²) in [6.07, 6.45) is 7.32. The Labute approximate surface area is 137 Å². The van der Waals surface area contributed by atoms with E-state index >= 15 is 0 Å². The molecule has 1 N–H and O–H groups in total. The van der Waals surface area contributed by atoms with Gasteiger partial charge in [0.15, 0.2) is 0 Å². The predicted octanol–water partition coefficient (Wildman–Crippen LogP) is 4.17. The molecule has 4 aliphatic carbocycles. The van der Waals surface area contributed by atoms with Gasteiger partial charge >= 0.3 is 0 Å². The first-order chi connectivity index (χ1) is 10.6. The summed E-state index contributed by atoms with van der Waals surface area (Å²) in [5.41, 5.74) is 1.38. The summed E-state index contributed by atoms with van der Waals surface area (Å²) in [5, 5.41) is 3.65. The third-order valence-electron chi connectivity index (χ3n) is 6.71. The van der Waals surface area contributed by atoms with Gasteiger partial charge < -0.3 is 5.32 Å². The van der Waals surface area contributed by atoms with Crippen molar-refractivity contribution < 1.29 is 4.79 Å². The van der Waals surface area contributed by atoms with Crippen molar-refractivity contribution in [3.63, 3.8) is 0 Å². The molecule has 118 valence electrons. The summed E-state index contributed by atoms with van der Waals surface area (Å²) in [4.78, 5) is 12.3. The largest absolute Gasteiger partial charge is 0.359 e. The van der Waals surface area contributed by atoms with Gasteiger partial charge in [-0.05, 0) is 73.5 Å². The van der Waals surface area contributed by atoms with Crippen LogP contribution in [0.2, 0.25) is 5.02 Å². The van der Waals surface area contributed by atoms with Crippen molar-refractivity contribution >= 4 is 17.5 Å². The number of amides is 1. The number of hydrogen-bond donors (Lipinski definition) is 1. The molecule has 0 spiro atoms. The molecule has 4 bridgehead atoms. The highest BCUT2D eigenvalue weighted by Gasteiger charge is 2.58. The Kier molecular flexibility index (Phi) is 3.48. The van der Waals surface area contributed by atoms with Crippen LogP contribution in [0.5, 0.6) is 0 Å². The molecular weight excluding hydrogens is 294 g/mol. The van der Waals surface area contributed by atoms with Crippen LogP contribution in [0, 0.1) is 23.7 Å². The van der Waals surface area contributed by atoms with Crippen molar-refractivity contribution in [1.82, 2.24) is 5.32 Å². The summed E-state index contributed by atoms with van der Waals surface area (Å²) in [5.74, 6) is 3.34. The second kappa shape index (κ2) is 5.26. The Morgan fingerprint density at radius 3 is 2.14 bits per heavy atom. The summed E-state index contributed by atoms with van der Waals surface area (Å²) in [6.45, 7) is 0. The fourth-order valence-corrected chi connectivity index (χ4v) is 6.13. The first-order valence-corrected chi connectivity index (χ1v) is 8.96. The maximum absolute atomic E-state index is 12.3. The number of benzene rings is 1. The molecule has 2 nitrogen and oxygen atoms in total. The third-order valence-corrected chi connectivity index (χ3v) is 6.96. The van der Waals surface area contributed by atoms with Crippen LogP contribution in [0.3, 0.4) is 0 Å². The Morgan fingerprint density at radius 2 is 1.64 bits per heavy atom. The summed E-state index contributed by atoms with van der Waals surface area (Å²) < 4.78 is 0.